The summed E-state index contributed by atoms with van der Waals surface area (Å²) in [5.74, 6) is 0.314. The number of carbonyl (C=O) groups is 1. The van der Waals surface area contributed by atoms with E-state index in [0.29, 0.717) is 0 Å². The van der Waals surface area contributed by atoms with E-state index >= 15 is 0 Å². The highest BCUT2D eigenvalue weighted by Gasteiger charge is 2.54. The number of carbonyl (C=O) groups excluding carboxylic acids is 1. The molecule has 4 rings (SSSR count). The molecule has 0 unspecified atom stereocenters. The van der Waals surface area contributed by atoms with Crippen LogP contribution in [0.4, 0.5) is 0 Å². The fraction of sp³-hybridized carbons (Fsp3) is 0.640. The summed E-state index contributed by atoms with van der Waals surface area (Å²) in [6, 6.07) is 4.00. The van der Waals surface area contributed by atoms with Crippen molar-refractivity contribution in [3.05, 3.63) is 35.1 Å². The standard InChI is InChI=1S/C25H35N3O2S/c1-6-28(7-2)24(30)15(3)18-10-11-25(5)13-19-21(16(4)20(25)22(18)29)27-23(31-19)17-9-8-12-26-14-17/h8-9,12,14-16,18,20,22,29H,6-7,10-11,13H2,1-5H3/t15-,16-,18-,20+,22-,25-/m0/s1. The fourth-order valence-electron chi connectivity index (χ4n) is 6.17. The Hall–Kier alpha value is -1.79. The number of aliphatic hydroxyl groups is 1. The van der Waals surface area contributed by atoms with Crippen molar-refractivity contribution in [3.63, 3.8) is 0 Å². The number of nitrogens with zero attached hydrogens (tertiary/aromatic N) is 3. The molecule has 0 bridgehead atoms. The molecule has 1 N–H and O–H groups in total. The smallest absolute Gasteiger partial charge is 0.225 e. The zero-order valence-electron chi connectivity index (χ0n) is 19.3. The lowest BCUT2D eigenvalue weighted by Crippen LogP contribution is -2.53. The molecular formula is C25H35N3O2S. The normalized spacial score (nSPS) is 30.9. The molecule has 5 nitrogen and oxygen atoms in total. The number of amides is 1. The molecule has 2 aliphatic rings. The van der Waals surface area contributed by atoms with Crippen LogP contribution in [0.2, 0.25) is 0 Å². The molecule has 2 aromatic rings. The van der Waals surface area contributed by atoms with Gasteiger partial charge in [-0.15, -0.1) is 11.3 Å². The SMILES string of the molecule is CCN(CC)C(=O)[C@@H](C)[C@@H]1CC[C@@]2(C)Cc3sc(-c4cccnc4)nc3[C@@H](C)[C@@H]2[C@H]1O. The van der Waals surface area contributed by atoms with Crippen molar-refractivity contribution in [2.45, 2.75) is 65.9 Å². The number of rotatable bonds is 5. The summed E-state index contributed by atoms with van der Waals surface area (Å²) in [6.45, 7) is 12.1. The number of hydrogen-bond donors (Lipinski definition) is 1. The summed E-state index contributed by atoms with van der Waals surface area (Å²) < 4.78 is 0. The number of pyridine rings is 1. The van der Waals surface area contributed by atoms with Crippen LogP contribution in [-0.2, 0) is 11.2 Å². The second-order valence-corrected chi connectivity index (χ2v) is 10.8. The molecule has 0 saturated heterocycles. The van der Waals surface area contributed by atoms with Crippen molar-refractivity contribution in [2.75, 3.05) is 13.1 Å². The average molecular weight is 442 g/mol. The lowest BCUT2D eigenvalue weighted by atomic mass is 9.53. The van der Waals surface area contributed by atoms with Crippen LogP contribution >= 0.6 is 11.3 Å². The molecule has 31 heavy (non-hydrogen) atoms. The molecular weight excluding hydrogens is 406 g/mol. The largest absolute Gasteiger partial charge is 0.392 e. The molecule has 1 amide bonds. The van der Waals surface area contributed by atoms with Crippen LogP contribution < -0.4 is 0 Å². The average Bonchev–Trinajstić information content (AvgIpc) is 3.18. The van der Waals surface area contributed by atoms with E-state index in [1.54, 1.807) is 17.5 Å². The third-order valence-electron chi connectivity index (χ3n) is 7.94. The maximum atomic E-state index is 13.0. The molecule has 0 aromatic carbocycles. The molecule has 0 spiro atoms. The Balaban J connectivity index is 1.62. The van der Waals surface area contributed by atoms with Gasteiger partial charge >= 0.3 is 0 Å². The van der Waals surface area contributed by atoms with Gasteiger partial charge in [0, 0.05) is 47.8 Å². The van der Waals surface area contributed by atoms with E-state index in [-0.39, 0.29) is 35.0 Å². The van der Waals surface area contributed by atoms with Gasteiger partial charge in [0.2, 0.25) is 5.91 Å². The maximum absolute atomic E-state index is 13.0. The van der Waals surface area contributed by atoms with Gasteiger partial charge in [-0.1, -0.05) is 20.8 Å². The number of thiazole rings is 1. The highest BCUT2D eigenvalue weighted by Crippen LogP contribution is 2.57. The van der Waals surface area contributed by atoms with Gasteiger partial charge in [0.25, 0.3) is 0 Å². The highest BCUT2D eigenvalue weighted by molar-refractivity contribution is 7.15. The third-order valence-corrected chi connectivity index (χ3v) is 9.06. The predicted octanol–water partition coefficient (Wildman–Crippen LogP) is 4.76. The Kier molecular flexibility index (Phi) is 6.23. The Morgan fingerprint density at radius 3 is 2.77 bits per heavy atom. The Labute approximate surface area is 189 Å². The van der Waals surface area contributed by atoms with Gasteiger partial charge in [0.15, 0.2) is 0 Å². The number of fused-ring (bicyclic) bond motifs is 2. The van der Waals surface area contributed by atoms with Gasteiger partial charge in [0.1, 0.15) is 5.01 Å². The van der Waals surface area contributed by atoms with Crippen molar-refractivity contribution >= 4 is 17.2 Å². The minimum Gasteiger partial charge on any atom is -0.392 e. The summed E-state index contributed by atoms with van der Waals surface area (Å²) in [4.78, 5) is 25.5. The monoisotopic (exact) mass is 441 g/mol. The van der Waals surface area contributed by atoms with Gasteiger partial charge < -0.3 is 10.0 Å². The van der Waals surface area contributed by atoms with E-state index in [1.165, 1.54) is 4.88 Å². The number of hydrogen-bond acceptors (Lipinski definition) is 5. The molecule has 0 aliphatic heterocycles. The van der Waals surface area contributed by atoms with E-state index in [9.17, 15) is 9.90 Å². The zero-order chi connectivity index (χ0) is 22.3. The van der Waals surface area contributed by atoms with Gasteiger partial charge in [-0.3, -0.25) is 9.78 Å². The van der Waals surface area contributed by atoms with E-state index in [2.05, 4.69) is 24.9 Å². The quantitative estimate of drug-likeness (QED) is 0.726. The predicted molar refractivity (Wildman–Crippen MR) is 125 cm³/mol. The molecule has 0 radical (unpaired) electrons. The molecule has 2 aromatic heterocycles. The van der Waals surface area contributed by atoms with E-state index in [0.717, 1.165) is 48.6 Å². The molecule has 1 fully saturated rings. The van der Waals surface area contributed by atoms with Gasteiger partial charge in [-0.25, -0.2) is 4.98 Å². The molecule has 2 aliphatic carbocycles. The van der Waals surface area contributed by atoms with E-state index in [1.807, 2.05) is 37.9 Å². The minimum absolute atomic E-state index is 0.00612. The summed E-state index contributed by atoms with van der Waals surface area (Å²) in [5.41, 5.74) is 2.23. The molecule has 2 heterocycles. The second kappa shape index (κ2) is 8.62. The summed E-state index contributed by atoms with van der Waals surface area (Å²) in [5, 5.41) is 12.6. The topological polar surface area (TPSA) is 66.3 Å². The van der Waals surface area contributed by atoms with Crippen molar-refractivity contribution in [2.24, 2.45) is 23.2 Å². The first-order valence-corrected chi connectivity index (χ1v) is 12.5. The molecule has 168 valence electrons. The fourth-order valence-corrected chi connectivity index (χ4v) is 7.52. The Bertz CT molecular complexity index is 926. The van der Waals surface area contributed by atoms with Crippen molar-refractivity contribution < 1.29 is 9.90 Å². The third kappa shape index (κ3) is 3.82. The van der Waals surface area contributed by atoms with E-state index in [4.69, 9.17) is 4.98 Å². The van der Waals surface area contributed by atoms with Gasteiger partial charge in [-0.05, 0) is 62.5 Å². The first-order valence-electron chi connectivity index (χ1n) is 11.7. The van der Waals surface area contributed by atoms with Crippen LogP contribution in [0, 0.1) is 23.2 Å². The van der Waals surface area contributed by atoms with E-state index < -0.39 is 6.10 Å². The zero-order valence-corrected chi connectivity index (χ0v) is 20.2. The summed E-state index contributed by atoms with van der Waals surface area (Å²) >= 11 is 1.78. The van der Waals surface area contributed by atoms with Crippen LogP contribution in [0.1, 0.15) is 63.9 Å². The van der Waals surface area contributed by atoms with Gasteiger partial charge in [-0.2, -0.15) is 0 Å². The number of aromatic nitrogens is 2. The second-order valence-electron chi connectivity index (χ2n) is 9.71. The number of aliphatic hydroxyl groups excluding tert-OH is 1. The van der Waals surface area contributed by atoms with Gasteiger partial charge in [0.05, 0.1) is 11.8 Å². The molecule has 1 saturated carbocycles. The van der Waals surface area contributed by atoms with Crippen LogP contribution in [0.5, 0.6) is 0 Å². The van der Waals surface area contributed by atoms with Crippen LogP contribution in [0.15, 0.2) is 24.5 Å². The maximum Gasteiger partial charge on any atom is 0.225 e. The summed E-state index contributed by atoms with van der Waals surface area (Å²) in [6.07, 6.45) is 6.07. The Morgan fingerprint density at radius 1 is 1.39 bits per heavy atom. The minimum atomic E-state index is -0.486. The van der Waals surface area contributed by atoms with Crippen molar-refractivity contribution in [3.8, 4) is 10.6 Å². The van der Waals surface area contributed by atoms with Crippen molar-refractivity contribution in [1.29, 1.82) is 0 Å². The van der Waals surface area contributed by atoms with Crippen LogP contribution in [0.25, 0.3) is 10.6 Å². The van der Waals surface area contributed by atoms with Crippen LogP contribution in [-0.4, -0.2) is 45.1 Å². The first kappa shape index (κ1) is 22.4. The molecule has 6 atom stereocenters. The Morgan fingerprint density at radius 2 is 2.13 bits per heavy atom. The lowest BCUT2D eigenvalue weighted by Gasteiger charge is -2.53. The lowest BCUT2D eigenvalue weighted by molar-refractivity contribution is -0.144. The summed E-state index contributed by atoms with van der Waals surface area (Å²) in [7, 11) is 0. The van der Waals surface area contributed by atoms with Crippen molar-refractivity contribution in [1.82, 2.24) is 14.9 Å². The highest BCUT2D eigenvalue weighted by atomic mass is 32.1. The van der Waals surface area contributed by atoms with Crippen LogP contribution in [0.3, 0.4) is 0 Å². The molecule has 6 heteroatoms. The first-order chi connectivity index (χ1) is 14.8.